The van der Waals surface area contributed by atoms with Gasteiger partial charge in [0.05, 0.1) is 6.04 Å². The summed E-state index contributed by atoms with van der Waals surface area (Å²) in [7, 11) is 0. The van der Waals surface area contributed by atoms with Crippen molar-refractivity contribution in [1.29, 1.82) is 0 Å². The number of nitrogens with one attached hydrogen (secondary N) is 1. The van der Waals surface area contributed by atoms with Crippen molar-refractivity contribution in [3.63, 3.8) is 0 Å². The van der Waals surface area contributed by atoms with E-state index in [1.54, 1.807) is 0 Å². The van der Waals surface area contributed by atoms with E-state index in [0.717, 1.165) is 17.0 Å². The van der Waals surface area contributed by atoms with Crippen LogP contribution >= 0.6 is 34.2 Å². The SMILES string of the molecule is Cc1cc(C)cc(CC(NN)c2cc(Cl)ccc2I)c1. The maximum Gasteiger partial charge on any atom is 0.0511 e. The third kappa shape index (κ3) is 3.95. The number of nitrogens with two attached hydrogens (primary N) is 1. The number of aryl methyl sites for hydroxylation is 2. The summed E-state index contributed by atoms with van der Waals surface area (Å²) in [6.07, 6.45) is 0.843. The van der Waals surface area contributed by atoms with E-state index in [0.29, 0.717) is 0 Å². The summed E-state index contributed by atoms with van der Waals surface area (Å²) < 4.78 is 1.17. The summed E-state index contributed by atoms with van der Waals surface area (Å²) in [5.41, 5.74) is 7.88. The molecule has 0 heterocycles. The van der Waals surface area contributed by atoms with Crippen molar-refractivity contribution < 1.29 is 0 Å². The van der Waals surface area contributed by atoms with Crippen LogP contribution in [0.4, 0.5) is 0 Å². The van der Waals surface area contributed by atoms with E-state index in [1.165, 1.54) is 20.3 Å². The second-order valence-corrected chi connectivity index (χ2v) is 6.68. The van der Waals surface area contributed by atoms with Crippen LogP contribution in [0.15, 0.2) is 36.4 Å². The Kier molecular flexibility index (Phi) is 5.43. The predicted octanol–water partition coefficient (Wildman–Crippen LogP) is 4.31. The fourth-order valence-corrected chi connectivity index (χ4v) is 3.35. The Hall–Kier alpha value is -0.620. The van der Waals surface area contributed by atoms with Gasteiger partial charge in [-0.2, -0.15) is 0 Å². The van der Waals surface area contributed by atoms with Gasteiger partial charge in [-0.05, 0) is 72.2 Å². The van der Waals surface area contributed by atoms with Gasteiger partial charge >= 0.3 is 0 Å². The van der Waals surface area contributed by atoms with Crippen LogP contribution in [0.3, 0.4) is 0 Å². The largest absolute Gasteiger partial charge is 0.271 e. The minimum Gasteiger partial charge on any atom is -0.271 e. The molecule has 0 aromatic heterocycles. The van der Waals surface area contributed by atoms with Crippen LogP contribution in [0.1, 0.15) is 28.3 Å². The zero-order valence-corrected chi connectivity index (χ0v) is 14.5. The standard InChI is InChI=1S/C16H18ClIN2/c1-10-5-11(2)7-12(6-10)8-16(20-19)14-9-13(17)3-4-15(14)18/h3-7,9,16,20H,8,19H2,1-2H3. The van der Waals surface area contributed by atoms with Crippen molar-refractivity contribution in [1.82, 2.24) is 5.43 Å². The molecule has 0 aliphatic heterocycles. The molecule has 1 unspecified atom stereocenters. The van der Waals surface area contributed by atoms with Crippen molar-refractivity contribution in [2.75, 3.05) is 0 Å². The molecule has 0 amide bonds. The summed E-state index contributed by atoms with van der Waals surface area (Å²) in [5.74, 6) is 5.75. The fraction of sp³-hybridized carbons (Fsp3) is 0.250. The Bertz CT molecular complexity index is 593. The van der Waals surface area contributed by atoms with E-state index in [9.17, 15) is 0 Å². The van der Waals surface area contributed by atoms with Gasteiger partial charge in [-0.3, -0.25) is 11.3 Å². The lowest BCUT2D eigenvalue weighted by Gasteiger charge is -2.19. The maximum atomic E-state index is 6.10. The molecule has 106 valence electrons. The third-order valence-corrected chi connectivity index (χ3v) is 4.47. The predicted molar refractivity (Wildman–Crippen MR) is 93.9 cm³/mol. The smallest absolute Gasteiger partial charge is 0.0511 e. The summed E-state index contributed by atoms with van der Waals surface area (Å²) in [4.78, 5) is 0. The number of halogens is 2. The van der Waals surface area contributed by atoms with Crippen LogP contribution in [0.2, 0.25) is 5.02 Å². The van der Waals surface area contributed by atoms with Gasteiger partial charge in [-0.15, -0.1) is 0 Å². The van der Waals surface area contributed by atoms with Crippen LogP contribution in [0, 0.1) is 17.4 Å². The first-order chi connectivity index (χ1) is 9.49. The lowest BCUT2D eigenvalue weighted by molar-refractivity contribution is 0.549. The highest BCUT2D eigenvalue weighted by molar-refractivity contribution is 14.1. The number of rotatable bonds is 4. The molecule has 0 spiro atoms. The Labute approximate surface area is 138 Å². The molecule has 0 fully saturated rings. The second-order valence-electron chi connectivity index (χ2n) is 5.09. The molecular formula is C16H18ClIN2. The average molecular weight is 401 g/mol. The molecule has 2 aromatic rings. The lowest BCUT2D eigenvalue weighted by atomic mass is 9.97. The van der Waals surface area contributed by atoms with E-state index >= 15 is 0 Å². The maximum absolute atomic E-state index is 6.10. The summed E-state index contributed by atoms with van der Waals surface area (Å²) in [5, 5.41) is 0.737. The van der Waals surface area contributed by atoms with Crippen molar-refractivity contribution in [2.24, 2.45) is 5.84 Å². The van der Waals surface area contributed by atoms with Crippen LogP contribution in [0.5, 0.6) is 0 Å². The normalized spacial score (nSPS) is 12.4. The number of hydrazine groups is 1. The van der Waals surface area contributed by atoms with Crippen LogP contribution in [0.25, 0.3) is 0 Å². The van der Waals surface area contributed by atoms with E-state index < -0.39 is 0 Å². The van der Waals surface area contributed by atoms with E-state index in [2.05, 4.69) is 60.1 Å². The first-order valence-corrected chi connectivity index (χ1v) is 7.93. The van der Waals surface area contributed by atoms with E-state index in [1.807, 2.05) is 18.2 Å². The summed E-state index contributed by atoms with van der Waals surface area (Å²) >= 11 is 8.42. The molecule has 2 aromatic carbocycles. The highest BCUT2D eigenvalue weighted by Crippen LogP contribution is 2.26. The highest BCUT2D eigenvalue weighted by atomic mass is 127. The van der Waals surface area contributed by atoms with Crippen LogP contribution in [-0.4, -0.2) is 0 Å². The summed E-state index contributed by atoms with van der Waals surface area (Å²) in [6, 6.07) is 12.5. The minimum atomic E-state index is 0.0572. The first kappa shape index (κ1) is 15.8. The average Bonchev–Trinajstić information content (AvgIpc) is 2.38. The van der Waals surface area contributed by atoms with Crippen molar-refractivity contribution in [3.8, 4) is 0 Å². The van der Waals surface area contributed by atoms with Gasteiger partial charge in [-0.1, -0.05) is 40.9 Å². The molecule has 0 aliphatic rings. The van der Waals surface area contributed by atoms with Crippen molar-refractivity contribution in [3.05, 3.63) is 67.2 Å². The minimum absolute atomic E-state index is 0.0572. The number of hydrogen-bond donors (Lipinski definition) is 2. The molecule has 2 nitrogen and oxygen atoms in total. The second kappa shape index (κ2) is 6.89. The van der Waals surface area contributed by atoms with Crippen molar-refractivity contribution in [2.45, 2.75) is 26.3 Å². The topological polar surface area (TPSA) is 38.0 Å². The van der Waals surface area contributed by atoms with Crippen LogP contribution in [-0.2, 0) is 6.42 Å². The van der Waals surface area contributed by atoms with Gasteiger partial charge in [-0.25, -0.2) is 0 Å². The lowest BCUT2D eigenvalue weighted by Crippen LogP contribution is -2.30. The van der Waals surface area contributed by atoms with Crippen molar-refractivity contribution >= 4 is 34.2 Å². The molecule has 0 saturated carbocycles. The molecule has 0 bridgehead atoms. The van der Waals surface area contributed by atoms with E-state index in [-0.39, 0.29) is 6.04 Å². The Morgan fingerprint density at radius 2 is 1.80 bits per heavy atom. The molecule has 0 saturated heterocycles. The molecule has 0 radical (unpaired) electrons. The molecule has 2 rings (SSSR count). The molecule has 4 heteroatoms. The fourth-order valence-electron chi connectivity index (χ4n) is 2.46. The van der Waals surface area contributed by atoms with Gasteiger partial charge in [0.15, 0.2) is 0 Å². The molecule has 20 heavy (non-hydrogen) atoms. The monoisotopic (exact) mass is 400 g/mol. The van der Waals surface area contributed by atoms with Gasteiger partial charge < -0.3 is 0 Å². The third-order valence-electron chi connectivity index (χ3n) is 3.26. The molecule has 3 N–H and O–H groups in total. The zero-order chi connectivity index (χ0) is 14.7. The van der Waals surface area contributed by atoms with Gasteiger partial charge in [0.1, 0.15) is 0 Å². The molecule has 1 atom stereocenters. The quantitative estimate of drug-likeness (QED) is 0.456. The Morgan fingerprint density at radius 3 is 2.40 bits per heavy atom. The number of hydrogen-bond acceptors (Lipinski definition) is 2. The molecule has 0 aliphatic carbocycles. The number of benzene rings is 2. The van der Waals surface area contributed by atoms with E-state index in [4.69, 9.17) is 17.4 Å². The summed E-state index contributed by atoms with van der Waals surface area (Å²) in [6.45, 7) is 4.23. The van der Waals surface area contributed by atoms with Gasteiger partial charge in [0.25, 0.3) is 0 Å². The Balaban J connectivity index is 2.31. The Morgan fingerprint density at radius 1 is 1.15 bits per heavy atom. The van der Waals surface area contributed by atoms with Crippen LogP contribution < -0.4 is 11.3 Å². The van der Waals surface area contributed by atoms with Gasteiger partial charge in [0.2, 0.25) is 0 Å². The highest BCUT2D eigenvalue weighted by Gasteiger charge is 2.14. The van der Waals surface area contributed by atoms with Gasteiger partial charge in [0, 0.05) is 8.59 Å². The first-order valence-electron chi connectivity index (χ1n) is 6.48. The zero-order valence-electron chi connectivity index (χ0n) is 11.6. The molecular weight excluding hydrogens is 383 g/mol.